The number of ether oxygens (including phenoxy) is 2. The Kier molecular flexibility index (Phi) is 3.09. The Bertz CT molecular complexity index is 346. The number of aliphatic hydroxyl groups excluding tert-OH is 2. The van der Waals surface area contributed by atoms with E-state index in [2.05, 4.69) is 0 Å². The van der Waals surface area contributed by atoms with Crippen LogP contribution in [0.2, 0.25) is 0 Å². The first-order chi connectivity index (χ1) is 7.63. The zero-order chi connectivity index (χ0) is 11.7. The summed E-state index contributed by atoms with van der Waals surface area (Å²) in [5.74, 6) is -0.430. The number of fused-ring (bicyclic) bond motifs is 1. The van der Waals surface area contributed by atoms with Gasteiger partial charge in [-0.1, -0.05) is 12.2 Å². The molecule has 0 aliphatic carbocycles. The van der Waals surface area contributed by atoms with Crippen molar-refractivity contribution in [3.05, 3.63) is 23.8 Å². The molecule has 0 aromatic heterocycles. The zero-order valence-corrected chi connectivity index (χ0v) is 8.87. The summed E-state index contributed by atoms with van der Waals surface area (Å²) in [6.07, 6.45) is 2.35. The second kappa shape index (κ2) is 4.37. The van der Waals surface area contributed by atoms with Crippen LogP contribution < -0.4 is 0 Å². The SMILES string of the molecule is CC1OC(=O)C2=CC(O)C(C=CCO)OC21. The maximum Gasteiger partial charge on any atom is 0.336 e. The summed E-state index contributed by atoms with van der Waals surface area (Å²) in [4.78, 5) is 11.3. The second-order valence-electron chi connectivity index (χ2n) is 3.86. The number of hydrogen-bond donors (Lipinski definition) is 2. The Hall–Kier alpha value is -1.17. The smallest absolute Gasteiger partial charge is 0.336 e. The monoisotopic (exact) mass is 226 g/mol. The summed E-state index contributed by atoms with van der Waals surface area (Å²) in [5, 5.41) is 18.4. The van der Waals surface area contributed by atoms with E-state index >= 15 is 0 Å². The molecule has 4 unspecified atom stereocenters. The van der Waals surface area contributed by atoms with Gasteiger partial charge in [-0.05, 0) is 13.0 Å². The molecule has 2 aliphatic heterocycles. The third-order valence-corrected chi connectivity index (χ3v) is 2.68. The van der Waals surface area contributed by atoms with E-state index in [0.717, 1.165) is 0 Å². The Morgan fingerprint density at radius 1 is 1.56 bits per heavy atom. The van der Waals surface area contributed by atoms with Crippen LogP contribution in [0.25, 0.3) is 0 Å². The average Bonchev–Trinajstić information content (AvgIpc) is 2.51. The molecule has 5 nitrogen and oxygen atoms in total. The fourth-order valence-electron chi connectivity index (χ4n) is 1.90. The fourth-order valence-corrected chi connectivity index (χ4v) is 1.90. The van der Waals surface area contributed by atoms with E-state index in [1.807, 2.05) is 0 Å². The highest BCUT2D eigenvalue weighted by atomic mass is 16.6. The van der Waals surface area contributed by atoms with Crippen LogP contribution in [0.5, 0.6) is 0 Å². The van der Waals surface area contributed by atoms with Crippen molar-refractivity contribution in [1.29, 1.82) is 0 Å². The lowest BCUT2D eigenvalue weighted by Gasteiger charge is -2.28. The lowest BCUT2D eigenvalue weighted by molar-refractivity contribution is -0.139. The van der Waals surface area contributed by atoms with E-state index in [4.69, 9.17) is 14.6 Å². The van der Waals surface area contributed by atoms with Gasteiger partial charge >= 0.3 is 5.97 Å². The van der Waals surface area contributed by atoms with Crippen LogP contribution in [0.15, 0.2) is 23.8 Å². The first-order valence-corrected chi connectivity index (χ1v) is 5.17. The lowest BCUT2D eigenvalue weighted by atomic mass is 9.99. The molecular formula is C11H14O5. The van der Waals surface area contributed by atoms with Crippen molar-refractivity contribution in [2.75, 3.05) is 6.61 Å². The molecule has 1 saturated heterocycles. The van der Waals surface area contributed by atoms with Crippen LogP contribution in [-0.2, 0) is 14.3 Å². The Morgan fingerprint density at radius 3 is 3.00 bits per heavy atom. The largest absolute Gasteiger partial charge is 0.456 e. The van der Waals surface area contributed by atoms with Gasteiger partial charge in [-0.15, -0.1) is 0 Å². The highest BCUT2D eigenvalue weighted by molar-refractivity contribution is 5.92. The molecule has 0 radical (unpaired) electrons. The van der Waals surface area contributed by atoms with Gasteiger partial charge in [-0.25, -0.2) is 4.79 Å². The molecule has 2 heterocycles. The van der Waals surface area contributed by atoms with Gasteiger partial charge in [0.1, 0.15) is 24.4 Å². The predicted molar refractivity (Wildman–Crippen MR) is 54.5 cm³/mol. The fraction of sp³-hybridized carbons (Fsp3) is 0.545. The molecule has 2 rings (SSSR count). The normalized spacial score (nSPS) is 38.4. The van der Waals surface area contributed by atoms with Crippen molar-refractivity contribution in [2.45, 2.75) is 31.3 Å². The van der Waals surface area contributed by atoms with E-state index in [-0.39, 0.29) is 12.7 Å². The van der Waals surface area contributed by atoms with Crippen molar-refractivity contribution in [3.63, 3.8) is 0 Å². The Balaban J connectivity index is 2.19. The van der Waals surface area contributed by atoms with Crippen LogP contribution in [0.3, 0.4) is 0 Å². The molecular weight excluding hydrogens is 212 g/mol. The maximum atomic E-state index is 11.3. The minimum Gasteiger partial charge on any atom is -0.456 e. The lowest BCUT2D eigenvalue weighted by Crippen LogP contribution is -2.38. The van der Waals surface area contributed by atoms with Gasteiger partial charge in [0.05, 0.1) is 12.2 Å². The zero-order valence-electron chi connectivity index (χ0n) is 8.87. The molecule has 0 aromatic rings. The topological polar surface area (TPSA) is 76.0 Å². The predicted octanol–water partition coefficient (Wildman–Crippen LogP) is -0.465. The first kappa shape index (κ1) is 11.3. The third-order valence-electron chi connectivity index (χ3n) is 2.68. The summed E-state index contributed by atoms with van der Waals surface area (Å²) >= 11 is 0. The average molecular weight is 226 g/mol. The summed E-state index contributed by atoms with van der Waals surface area (Å²) in [5.41, 5.74) is 0.383. The van der Waals surface area contributed by atoms with Crippen molar-refractivity contribution >= 4 is 5.97 Å². The van der Waals surface area contributed by atoms with Gasteiger partial charge in [-0.2, -0.15) is 0 Å². The number of carbonyl (C=O) groups is 1. The third kappa shape index (κ3) is 1.89. The number of aliphatic hydroxyl groups is 2. The van der Waals surface area contributed by atoms with Crippen molar-refractivity contribution in [1.82, 2.24) is 0 Å². The van der Waals surface area contributed by atoms with E-state index < -0.39 is 24.3 Å². The molecule has 5 heteroatoms. The van der Waals surface area contributed by atoms with E-state index in [0.29, 0.717) is 5.57 Å². The van der Waals surface area contributed by atoms with Crippen molar-refractivity contribution < 1.29 is 24.5 Å². The van der Waals surface area contributed by atoms with Crippen LogP contribution in [-0.4, -0.2) is 47.2 Å². The van der Waals surface area contributed by atoms with Gasteiger partial charge in [0.15, 0.2) is 0 Å². The maximum absolute atomic E-state index is 11.3. The summed E-state index contributed by atoms with van der Waals surface area (Å²) in [6, 6.07) is 0. The van der Waals surface area contributed by atoms with Crippen molar-refractivity contribution in [3.8, 4) is 0 Å². The molecule has 0 saturated carbocycles. The molecule has 2 aliphatic rings. The van der Waals surface area contributed by atoms with Crippen LogP contribution in [0, 0.1) is 0 Å². The summed E-state index contributed by atoms with van der Waals surface area (Å²) in [6.45, 7) is 1.63. The van der Waals surface area contributed by atoms with Gasteiger partial charge in [0.2, 0.25) is 0 Å². The molecule has 0 spiro atoms. The molecule has 2 N–H and O–H groups in total. The Labute approximate surface area is 93.0 Å². The number of rotatable bonds is 2. The summed E-state index contributed by atoms with van der Waals surface area (Å²) in [7, 11) is 0. The quantitative estimate of drug-likeness (QED) is 0.492. The number of hydrogen-bond acceptors (Lipinski definition) is 5. The molecule has 0 bridgehead atoms. The van der Waals surface area contributed by atoms with Gasteiger partial charge in [-0.3, -0.25) is 0 Å². The van der Waals surface area contributed by atoms with Gasteiger partial charge in [0, 0.05) is 0 Å². The highest BCUT2D eigenvalue weighted by Crippen LogP contribution is 2.30. The van der Waals surface area contributed by atoms with Crippen LogP contribution >= 0.6 is 0 Å². The first-order valence-electron chi connectivity index (χ1n) is 5.17. The Morgan fingerprint density at radius 2 is 2.31 bits per heavy atom. The minimum atomic E-state index is -0.883. The molecule has 0 amide bonds. The van der Waals surface area contributed by atoms with Gasteiger partial charge in [0.25, 0.3) is 0 Å². The summed E-state index contributed by atoms with van der Waals surface area (Å²) < 4.78 is 10.5. The van der Waals surface area contributed by atoms with E-state index in [9.17, 15) is 9.90 Å². The number of carbonyl (C=O) groups excluding carboxylic acids is 1. The van der Waals surface area contributed by atoms with Gasteiger partial charge < -0.3 is 19.7 Å². The molecule has 16 heavy (non-hydrogen) atoms. The molecule has 1 fully saturated rings. The highest BCUT2D eigenvalue weighted by Gasteiger charge is 2.43. The second-order valence-corrected chi connectivity index (χ2v) is 3.86. The molecule has 4 atom stereocenters. The van der Waals surface area contributed by atoms with E-state index in [1.165, 1.54) is 12.2 Å². The van der Waals surface area contributed by atoms with E-state index in [1.54, 1.807) is 13.0 Å². The number of esters is 1. The van der Waals surface area contributed by atoms with Crippen molar-refractivity contribution in [2.24, 2.45) is 0 Å². The minimum absolute atomic E-state index is 0.112. The van der Waals surface area contributed by atoms with Crippen LogP contribution in [0.1, 0.15) is 6.92 Å². The van der Waals surface area contributed by atoms with Crippen LogP contribution in [0.4, 0.5) is 0 Å². The number of cyclic esters (lactones) is 1. The molecule has 88 valence electrons. The standard InChI is InChI=1S/C11H14O5/c1-6-10-7(11(14)15-6)5-8(13)9(16-10)3-2-4-12/h2-3,5-6,8-10,12-13H,4H2,1H3. The molecule has 0 aromatic carbocycles.